The molecule has 6 nitrogen and oxygen atoms in total. The largest absolute Gasteiger partial charge is 0.545 e. The summed E-state index contributed by atoms with van der Waals surface area (Å²) in [6.07, 6.45) is 0. The summed E-state index contributed by atoms with van der Waals surface area (Å²) in [5, 5.41) is 15.4. The average molecular weight is 219 g/mol. The third-order valence-electron chi connectivity index (χ3n) is 2.18. The fraction of sp³-hybridized carbons (Fsp3) is 0.100. The van der Waals surface area contributed by atoms with Crippen LogP contribution < -0.4 is 15.7 Å². The Morgan fingerprint density at radius 3 is 2.75 bits per heavy atom. The lowest BCUT2D eigenvalue weighted by Crippen LogP contribution is -2.28. The van der Waals surface area contributed by atoms with Gasteiger partial charge in [-0.2, -0.15) is 0 Å². The van der Waals surface area contributed by atoms with Crippen LogP contribution in [0.15, 0.2) is 18.2 Å². The van der Waals surface area contributed by atoms with E-state index in [9.17, 15) is 19.5 Å². The zero-order valence-electron chi connectivity index (χ0n) is 8.07. The highest BCUT2D eigenvalue weighted by molar-refractivity contribution is 6.09. The van der Waals surface area contributed by atoms with Gasteiger partial charge in [-0.1, -0.05) is 6.07 Å². The smallest absolute Gasteiger partial charge is 0.253 e. The van der Waals surface area contributed by atoms with Gasteiger partial charge in [0, 0.05) is 0 Å². The van der Waals surface area contributed by atoms with Gasteiger partial charge >= 0.3 is 0 Å². The van der Waals surface area contributed by atoms with Crippen LogP contribution in [-0.2, 0) is 4.79 Å². The van der Waals surface area contributed by atoms with Crippen molar-refractivity contribution in [3.63, 3.8) is 0 Å². The van der Waals surface area contributed by atoms with Crippen LogP contribution in [0.3, 0.4) is 0 Å². The van der Waals surface area contributed by atoms with Gasteiger partial charge in [0.1, 0.15) is 0 Å². The number of carboxylic acid groups (broad SMARTS) is 1. The van der Waals surface area contributed by atoms with Crippen LogP contribution in [0.5, 0.6) is 0 Å². The second-order valence-electron chi connectivity index (χ2n) is 3.28. The Labute approximate surface area is 90.3 Å². The Morgan fingerprint density at radius 1 is 1.31 bits per heavy atom. The monoisotopic (exact) mass is 219 g/mol. The van der Waals surface area contributed by atoms with Gasteiger partial charge in [-0.05, 0) is 17.7 Å². The van der Waals surface area contributed by atoms with Crippen LogP contribution >= 0.6 is 0 Å². The van der Waals surface area contributed by atoms with Crippen LogP contribution in [0.25, 0.3) is 0 Å². The number of hydrogen-bond donors (Lipinski definition) is 2. The minimum absolute atomic E-state index is 0.0891. The zero-order chi connectivity index (χ0) is 11.7. The van der Waals surface area contributed by atoms with E-state index >= 15 is 0 Å². The number of fused-ring (bicyclic) bond motifs is 1. The summed E-state index contributed by atoms with van der Waals surface area (Å²) in [7, 11) is 0. The summed E-state index contributed by atoms with van der Waals surface area (Å²) in [5.41, 5.74) is 0.325. The molecule has 2 N–H and O–H groups in total. The lowest BCUT2D eigenvalue weighted by atomic mass is 10.1. The Bertz CT molecular complexity index is 496. The van der Waals surface area contributed by atoms with E-state index < -0.39 is 17.8 Å². The van der Waals surface area contributed by atoms with E-state index in [2.05, 4.69) is 10.6 Å². The van der Waals surface area contributed by atoms with Gasteiger partial charge in [0.05, 0.1) is 23.8 Å². The second-order valence-corrected chi connectivity index (χ2v) is 3.28. The summed E-state index contributed by atoms with van der Waals surface area (Å²) in [5.74, 6) is -2.18. The first-order valence-electron chi connectivity index (χ1n) is 4.51. The van der Waals surface area contributed by atoms with Crippen molar-refractivity contribution in [3.05, 3.63) is 29.3 Å². The van der Waals surface area contributed by atoms with Crippen molar-refractivity contribution in [2.45, 2.75) is 0 Å². The van der Waals surface area contributed by atoms with Gasteiger partial charge in [-0.3, -0.25) is 9.59 Å². The predicted molar refractivity (Wildman–Crippen MR) is 51.7 cm³/mol. The molecule has 1 aromatic rings. The van der Waals surface area contributed by atoms with E-state index in [1.165, 1.54) is 18.2 Å². The maximum atomic E-state index is 11.5. The first-order chi connectivity index (χ1) is 7.58. The van der Waals surface area contributed by atoms with Gasteiger partial charge in [0.15, 0.2) is 0 Å². The Kier molecular flexibility index (Phi) is 2.32. The van der Waals surface area contributed by atoms with Crippen molar-refractivity contribution in [1.82, 2.24) is 5.32 Å². The number of benzene rings is 1. The van der Waals surface area contributed by atoms with Gasteiger partial charge in [-0.25, -0.2) is 0 Å². The van der Waals surface area contributed by atoms with E-state index in [0.29, 0.717) is 0 Å². The molecule has 0 radical (unpaired) electrons. The molecule has 0 bridgehead atoms. The van der Waals surface area contributed by atoms with E-state index in [4.69, 9.17) is 0 Å². The van der Waals surface area contributed by atoms with E-state index in [0.717, 1.165) is 0 Å². The third-order valence-corrected chi connectivity index (χ3v) is 2.18. The minimum atomic E-state index is -1.36. The normalized spacial score (nSPS) is 14.5. The average Bonchev–Trinajstić information content (AvgIpc) is 2.38. The third kappa shape index (κ3) is 1.72. The van der Waals surface area contributed by atoms with Gasteiger partial charge in [0.2, 0.25) is 5.91 Å². The summed E-state index contributed by atoms with van der Waals surface area (Å²) in [6.45, 7) is -0.131. The van der Waals surface area contributed by atoms with Crippen molar-refractivity contribution >= 4 is 23.5 Å². The maximum absolute atomic E-state index is 11.5. The molecule has 0 aliphatic carbocycles. The summed E-state index contributed by atoms with van der Waals surface area (Å²) in [6, 6.07) is 3.79. The molecule has 16 heavy (non-hydrogen) atoms. The van der Waals surface area contributed by atoms with Crippen molar-refractivity contribution < 1.29 is 19.5 Å². The van der Waals surface area contributed by atoms with Crippen molar-refractivity contribution in [3.8, 4) is 0 Å². The number of carbonyl (C=O) groups excluding carboxylic acids is 3. The van der Waals surface area contributed by atoms with Crippen LogP contribution in [0, 0.1) is 0 Å². The fourth-order valence-corrected chi connectivity index (χ4v) is 1.42. The van der Waals surface area contributed by atoms with Crippen LogP contribution in [0.1, 0.15) is 20.7 Å². The molecule has 1 heterocycles. The Balaban J connectivity index is 2.51. The highest BCUT2D eigenvalue weighted by Crippen LogP contribution is 2.19. The number of carbonyl (C=O) groups is 3. The van der Waals surface area contributed by atoms with Crippen molar-refractivity contribution in [2.75, 3.05) is 11.9 Å². The lowest BCUT2D eigenvalue weighted by Gasteiger charge is -2.08. The quantitative estimate of drug-likeness (QED) is 0.615. The molecule has 1 aliphatic rings. The number of aromatic carboxylic acids is 1. The molecule has 82 valence electrons. The van der Waals surface area contributed by atoms with Crippen LogP contribution in [0.2, 0.25) is 0 Å². The highest BCUT2D eigenvalue weighted by Gasteiger charge is 2.18. The van der Waals surface area contributed by atoms with Gasteiger partial charge in [-0.15, -0.1) is 0 Å². The molecule has 2 amide bonds. The second kappa shape index (κ2) is 3.65. The molecule has 0 atom stereocenters. The number of carboxylic acids is 1. The Morgan fingerprint density at radius 2 is 2.06 bits per heavy atom. The Hall–Kier alpha value is -2.37. The molecule has 0 saturated heterocycles. The molecule has 1 aliphatic heterocycles. The first kappa shape index (κ1) is 10.2. The molecule has 1 aromatic carbocycles. The molecule has 0 spiro atoms. The molecular weight excluding hydrogens is 212 g/mol. The van der Waals surface area contributed by atoms with Crippen LogP contribution in [0.4, 0.5) is 5.69 Å². The number of anilines is 1. The summed E-state index contributed by atoms with van der Waals surface area (Å²) < 4.78 is 0. The molecule has 0 saturated carbocycles. The zero-order valence-corrected chi connectivity index (χ0v) is 8.07. The number of nitrogens with one attached hydrogen (secondary N) is 2. The molecule has 6 heteroatoms. The maximum Gasteiger partial charge on any atom is 0.253 e. The van der Waals surface area contributed by atoms with Gasteiger partial charge in [0.25, 0.3) is 5.91 Å². The molecule has 0 aromatic heterocycles. The minimum Gasteiger partial charge on any atom is -0.545 e. The molecule has 0 fully saturated rings. The highest BCUT2D eigenvalue weighted by atomic mass is 16.4. The van der Waals surface area contributed by atoms with E-state index in [-0.39, 0.29) is 23.4 Å². The SMILES string of the molecule is O=C1CNC(=O)c2ccc(C(=O)[O-])cc2N1. The fourth-order valence-electron chi connectivity index (χ4n) is 1.42. The predicted octanol–water partition coefficient (Wildman–Crippen LogP) is -1.27. The number of rotatable bonds is 1. The lowest BCUT2D eigenvalue weighted by molar-refractivity contribution is -0.255. The van der Waals surface area contributed by atoms with Crippen molar-refractivity contribution in [1.29, 1.82) is 0 Å². The summed E-state index contributed by atoms with van der Waals surface area (Å²) in [4.78, 5) is 33.3. The van der Waals surface area contributed by atoms with Crippen LogP contribution in [-0.4, -0.2) is 24.3 Å². The molecule has 0 unspecified atom stereocenters. The summed E-state index contributed by atoms with van der Waals surface area (Å²) >= 11 is 0. The molecule has 2 rings (SSSR count). The standard InChI is InChI=1S/C10H8N2O4/c13-8-4-11-9(14)6-2-1-5(10(15)16)3-7(6)12-8/h1-3H,4H2,(H,11,14)(H,12,13)(H,15,16)/p-1. The van der Waals surface area contributed by atoms with Gasteiger partial charge < -0.3 is 20.5 Å². The number of hydrogen-bond acceptors (Lipinski definition) is 4. The van der Waals surface area contributed by atoms with E-state index in [1.807, 2.05) is 0 Å². The number of amides is 2. The molecular formula is C10H7N2O4-. The van der Waals surface area contributed by atoms with E-state index in [1.54, 1.807) is 0 Å². The topological polar surface area (TPSA) is 98.3 Å². The first-order valence-corrected chi connectivity index (χ1v) is 4.51. The van der Waals surface area contributed by atoms with Crippen molar-refractivity contribution in [2.24, 2.45) is 0 Å².